The number of hydrogen-bond donors (Lipinski definition) is 1. The lowest BCUT2D eigenvalue weighted by Gasteiger charge is -2.47. The minimum atomic E-state index is -0.430. The van der Waals surface area contributed by atoms with Crippen molar-refractivity contribution in [1.82, 2.24) is 14.7 Å². The van der Waals surface area contributed by atoms with Gasteiger partial charge in [-0.1, -0.05) is 38.5 Å². The average molecular weight is 370 g/mol. The van der Waals surface area contributed by atoms with Crippen LogP contribution in [0.4, 0.5) is 10.5 Å². The molecule has 4 rings (SSSR count). The van der Waals surface area contributed by atoms with Gasteiger partial charge in [0.05, 0.1) is 6.54 Å². The number of carbonyl (C=O) groups is 2. The Labute approximate surface area is 161 Å². The molecule has 3 heterocycles. The first kappa shape index (κ1) is 18.3. The van der Waals surface area contributed by atoms with Gasteiger partial charge in [-0.25, -0.2) is 4.79 Å². The number of amides is 3. The molecule has 3 aliphatic heterocycles. The van der Waals surface area contributed by atoms with Crippen LogP contribution in [0.25, 0.3) is 0 Å². The number of benzene rings is 1. The van der Waals surface area contributed by atoms with Crippen LogP contribution in [0.5, 0.6) is 0 Å². The molecule has 3 aliphatic rings. The maximum absolute atomic E-state index is 13.3. The van der Waals surface area contributed by atoms with E-state index < -0.39 is 6.04 Å². The molecule has 0 unspecified atom stereocenters. The number of hydrogen-bond acceptors (Lipinski definition) is 3. The number of carbonyl (C=O) groups excluding carboxylic acids is 2. The van der Waals surface area contributed by atoms with Crippen molar-refractivity contribution < 1.29 is 9.59 Å². The van der Waals surface area contributed by atoms with Gasteiger partial charge in [-0.05, 0) is 43.5 Å². The highest BCUT2D eigenvalue weighted by Gasteiger charge is 2.42. The zero-order chi connectivity index (χ0) is 19.0. The van der Waals surface area contributed by atoms with Crippen molar-refractivity contribution in [3.63, 3.8) is 0 Å². The fraction of sp³-hybridized carbons (Fsp3) is 0.619. The van der Waals surface area contributed by atoms with Crippen molar-refractivity contribution in [2.45, 2.75) is 51.7 Å². The zero-order valence-electron chi connectivity index (χ0n) is 16.4. The predicted molar refractivity (Wildman–Crippen MR) is 105 cm³/mol. The lowest BCUT2D eigenvalue weighted by Crippen LogP contribution is -2.64. The predicted octanol–water partition coefficient (Wildman–Crippen LogP) is 2.76. The monoisotopic (exact) mass is 370 g/mol. The molecule has 0 saturated carbocycles. The molecule has 0 spiro atoms. The van der Waals surface area contributed by atoms with Crippen molar-refractivity contribution in [2.24, 2.45) is 5.92 Å². The Balaban J connectivity index is 1.53. The zero-order valence-corrected chi connectivity index (χ0v) is 16.4. The van der Waals surface area contributed by atoms with Gasteiger partial charge in [0.2, 0.25) is 5.91 Å². The molecule has 2 atom stereocenters. The Morgan fingerprint density at radius 2 is 1.93 bits per heavy atom. The third kappa shape index (κ3) is 3.43. The van der Waals surface area contributed by atoms with Crippen LogP contribution in [0.3, 0.4) is 0 Å². The van der Waals surface area contributed by atoms with Gasteiger partial charge in [-0.3, -0.25) is 9.69 Å². The molecule has 1 aromatic carbocycles. The van der Waals surface area contributed by atoms with Crippen LogP contribution in [0, 0.1) is 5.92 Å². The first-order chi connectivity index (χ1) is 13.1. The molecular weight excluding hydrogens is 340 g/mol. The van der Waals surface area contributed by atoms with E-state index in [0.29, 0.717) is 12.6 Å². The molecule has 1 N–H and O–H groups in total. The molecule has 0 aromatic heterocycles. The molecule has 1 aromatic rings. The number of nitrogens with zero attached hydrogens (tertiary/aromatic N) is 3. The summed E-state index contributed by atoms with van der Waals surface area (Å²) in [4.78, 5) is 32.5. The summed E-state index contributed by atoms with van der Waals surface area (Å²) in [5, 5.41) is 3.04. The number of fused-ring (bicyclic) bond motifs is 1. The summed E-state index contributed by atoms with van der Waals surface area (Å²) in [7, 11) is 0. The van der Waals surface area contributed by atoms with Crippen molar-refractivity contribution in [1.29, 1.82) is 0 Å². The van der Waals surface area contributed by atoms with E-state index in [1.54, 1.807) is 4.90 Å². The first-order valence-electron chi connectivity index (χ1n) is 10.3. The van der Waals surface area contributed by atoms with Gasteiger partial charge >= 0.3 is 6.03 Å². The summed E-state index contributed by atoms with van der Waals surface area (Å²) in [6, 6.07) is 7.87. The highest BCUT2D eigenvalue weighted by Crippen LogP contribution is 2.30. The lowest BCUT2D eigenvalue weighted by atomic mass is 9.96. The van der Waals surface area contributed by atoms with Crippen LogP contribution in [0.2, 0.25) is 0 Å². The smallest absolute Gasteiger partial charge is 0.321 e. The van der Waals surface area contributed by atoms with Crippen LogP contribution in [0.1, 0.15) is 38.7 Å². The second-order valence-electron chi connectivity index (χ2n) is 8.19. The minimum absolute atomic E-state index is 0.00241. The van der Waals surface area contributed by atoms with Crippen LogP contribution in [-0.2, 0) is 11.3 Å². The van der Waals surface area contributed by atoms with E-state index in [2.05, 4.69) is 24.1 Å². The average Bonchev–Trinajstić information content (AvgIpc) is 3.09. The van der Waals surface area contributed by atoms with Crippen LogP contribution >= 0.6 is 0 Å². The maximum atomic E-state index is 13.3. The molecule has 0 aliphatic carbocycles. The third-order valence-corrected chi connectivity index (χ3v) is 6.44. The normalized spacial score (nSPS) is 24.8. The van der Waals surface area contributed by atoms with Gasteiger partial charge < -0.3 is 15.1 Å². The molecule has 0 bridgehead atoms. The highest BCUT2D eigenvalue weighted by molar-refractivity contribution is 5.99. The molecule has 146 valence electrons. The SMILES string of the molecule is CC[C@H](C)[C@H]1C(=O)Nc2ccccc2CN1C(=O)N1CC(N2CCCC2)C1. The van der Waals surface area contributed by atoms with Crippen molar-refractivity contribution in [2.75, 3.05) is 31.5 Å². The van der Waals surface area contributed by atoms with Gasteiger partial charge in [-0.2, -0.15) is 0 Å². The van der Waals surface area contributed by atoms with E-state index in [1.165, 1.54) is 12.8 Å². The number of para-hydroxylation sites is 1. The fourth-order valence-electron chi connectivity index (χ4n) is 4.52. The summed E-state index contributed by atoms with van der Waals surface area (Å²) in [5.41, 5.74) is 1.83. The number of nitrogens with one attached hydrogen (secondary N) is 1. The number of rotatable bonds is 3. The molecule has 3 amide bonds. The summed E-state index contributed by atoms with van der Waals surface area (Å²) >= 11 is 0. The van der Waals surface area contributed by atoms with E-state index in [9.17, 15) is 9.59 Å². The molecule has 0 radical (unpaired) electrons. The Morgan fingerprint density at radius 3 is 2.63 bits per heavy atom. The Bertz CT molecular complexity index is 710. The maximum Gasteiger partial charge on any atom is 0.321 e. The van der Waals surface area contributed by atoms with Gasteiger partial charge in [-0.15, -0.1) is 0 Å². The molecule has 2 fully saturated rings. The second-order valence-corrected chi connectivity index (χ2v) is 8.19. The summed E-state index contributed by atoms with van der Waals surface area (Å²) in [6.07, 6.45) is 3.39. The van der Waals surface area contributed by atoms with Gasteiger partial charge in [0.1, 0.15) is 6.04 Å². The first-order valence-corrected chi connectivity index (χ1v) is 10.3. The standard InChI is InChI=1S/C21H30N4O2/c1-3-15(2)19-20(26)22-18-9-5-4-8-16(18)12-25(19)21(27)24-13-17(14-24)23-10-6-7-11-23/h4-5,8-9,15,17,19H,3,6-7,10-14H2,1-2H3,(H,22,26)/t15-,19-/m0/s1. The van der Waals surface area contributed by atoms with E-state index in [4.69, 9.17) is 0 Å². The Kier molecular flexibility index (Phi) is 5.08. The van der Waals surface area contributed by atoms with E-state index in [-0.39, 0.29) is 17.9 Å². The number of anilines is 1. The molecule has 2 saturated heterocycles. The van der Waals surface area contributed by atoms with Crippen LogP contribution in [0.15, 0.2) is 24.3 Å². The number of likely N-dealkylation sites (tertiary alicyclic amines) is 2. The molecule has 6 nitrogen and oxygen atoms in total. The minimum Gasteiger partial charge on any atom is -0.324 e. The Morgan fingerprint density at radius 1 is 1.22 bits per heavy atom. The second kappa shape index (κ2) is 7.50. The van der Waals surface area contributed by atoms with Crippen LogP contribution < -0.4 is 5.32 Å². The van der Waals surface area contributed by atoms with Gasteiger partial charge in [0, 0.05) is 24.8 Å². The molecular formula is C21H30N4O2. The fourth-order valence-corrected chi connectivity index (χ4v) is 4.52. The van der Waals surface area contributed by atoms with Crippen LogP contribution in [-0.4, -0.2) is 64.9 Å². The van der Waals surface area contributed by atoms with Crippen molar-refractivity contribution >= 4 is 17.6 Å². The van der Waals surface area contributed by atoms with Crippen molar-refractivity contribution in [3.05, 3.63) is 29.8 Å². The summed E-state index contributed by atoms with van der Waals surface area (Å²) < 4.78 is 0. The summed E-state index contributed by atoms with van der Waals surface area (Å²) in [6.45, 7) is 8.49. The van der Waals surface area contributed by atoms with E-state index in [0.717, 1.165) is 43.9 Å². The topological polar surface area (TPSA) is 55.9 Å². The quantitative estimate of drug-likeness (QED) is 0.890. The van der Waals surface area contributed by atoms with Gasteiger partial charge in [0.15, 0.2) is 0 Å². The van der Waals surface area contributed by atoms with E-state index in [1.807, 2.05) is 29.2 Å². The highest BCUT2D eigenvalue weighted by atomic mass is 16.2. The van der Waals surface area contributed by atoms with Crippen molar-refractivity contribution in [3.8, 4) is 0 Å². The lowest BCUT2D eigenvalue weighted by molar-refractivity contribution is -0.122. The molecule has 27 heavy (non-hydrogen) atoms. The number of urea groups is 1. The van der Waals surface area contributed by atoms with Gasteiger partial charge in [0.25, 0.3) is 0 Å². The summed E-state index contributed by atoms with van der Waals surface area (Å²) in [5.74, 6) is 0.0400. The Hall–Kier alpha value is -2.08. The molecule has 6 heteroatoms. The third-order valence-electron chi connectivity index (χ3n) is 6.44. The van der Waals surface area contributed by atoms with E-state index >= 15 is 0 Å². The largest absolute Gasteiger partial charge is 0.324 e.